The molecule has 0 saturated heterocycles. The van der Waals surface area contributed by atoms with Gasteiger partial charge in [0.2, 0.25) is 0 Å². The standard InChI is InChI=1S/C16H26N2/c1-13(2)18-12-16(17-3)11-15(16)10-9-14-7-5-4-6-8-14/h4-8,13,15,17-18H,9-12H2,1-3H3/t15-,16-/m0/s1. The Hall–Kier alpha value is -0.860. The van der Waals surface area contributed by atoms with Crippen LogP contribution in [0.15, 0.2) is 30.3 Å². The third-order valence-electron chi connectivity index (χ3n) is 4.18. The van der Waals surface area contributed by atoms with Crippen molar-refractivity contribution in [3.63, 3.8) is 0 Å². The van der Waals surface area contributed by atoms with Gasteiger partial charge < -0.3 is 10.6 Å². The fourth-order valence-corrected chi connectivity index (χ4v) is 2.74. The molecule has 18 heavy (non-hydrogen) atoms. The van der Waals surface area contributed by atoms with E-state index >= 15 is 0 Å². The molecule has 1 aromatic carbocycles. The number of hydrogen-bond donors (Lipinski definition) is 2. The van der Waals surface area contributed by atoms with Crippen LogP contribution in [0.2, 0.25) is 0 Å². The van der Waals surface area contributed by atoms with Gasteiger partial charge in [0.15, 0.2) is 0 Å². The summed E-state index contributed by atoms with van der Waals surface area (Å²) < 4.78 is 0. The average Bonchev–Trinajstić information content (AvgIpc) is 3.10. The lowest BCUT2D eigenvalue weighted by Crippen LogP contribution is -2.43. The summed E-state index contributed by atoms with van der Waals surface area (Å²) in [6.07, 6.45) is 3.82. The molecule has 1 aliphatic carbocycles. The van der Waals surface area contributed by atoms with Crippen LogP contribution in [0.25, 0.3) is 0 Å². The van der Waals surface area contributed by atoms with Crippen LogP contribution in [-0.2, 0) is 6.42 Å². The topological polar surface area (TPSA) is 24.1 Å². The zero-order valence-electron chi connectivity index (χ0n) is 11.9. The minimum atomic E-state index is 0.360. The second-order valence-corrected chi connectivity index (χ2v) is 5.87. The minimum Gasteiger partial charge on any atom is -0.313 e. The summed E-state index contributed by atoms with van der Waals surface area (Å²) in [5, 5.41) is 7.10. The maximum Gasteiger partial charge on any atom is 0.0336 e. The molecule has 1 aliphatic rings. The minimum absolute atomic E-state index is 0.360. The molecule has 0 unspecified atom stereocenters. The van der Waals surface area contributed by atoms with Gasteiger partial charge in [0, 0.05) is 18.1 Å². The molecule has 0 amide bonds. The molecule has 2 rings (SSSR count). The molecule has 2 nitrogen and oxygen atoms in total. The molecule has 100 valence electrons. The highest BCUT2D eigenvalue weighted by Gasteiger charge is 2.51. The van der Waals surface area contributed by atoms with Crippen molar-refractivity contribution in [1.29, 1.82) is 0 Å². The Bertz CT molecular complexity index is 361. The largest absolute Gasteiger partial charge is 0.313 e. The maximum atomic E-state index is 3.56. The Morgan fingerprint density at radius 1 is 1.28 bits per heavy atom. The zero-order chi connectivity index (χ0) is 13.0. The number of rotatable bonds is 7. The van der Waals surface area contributed by atoms with E-state index in [9.17, 15) is 0 Å². The van der Waals surface area contributed by atoms with Crippen LogP contribution in [0, 0.1) is 5.92 Å². The Balaban J connectivity index is 1.78. The molecular formula is C16H26N2. The van der Waals surface area contributed by atoms with Gasteiger partial charge in [-0.15, -0.1) is 0 Å². The van der Waals surface area contributed by atoms with E-state index in [1.54, 1.807) is 0 Å². The normalized spacial score (nSPS) is 26.6. The lowest BCUT2D eigenvalue weighted by atomic mass is 10.0. The van der Waals surface area contributed by atoms with E-state index in [4.69, 9.17) is 0 Å². The average molecular weight is 246 g/mol. The molecule has 1 fully saturated rings. The summed E-state index contributed by atoms with van der Waals surface area (Å²) in [5.41, 5.74) is 1.82. The lowest BCUT2D eigenvalue weighted by Gasteiger charge is -2.19. The highest BCUT2D eigenvalue weighted by Crippen LogP contribution is 2.45. The molecule has 0 heterocycles. The van der Waals surface area contributed by atoms with Gasteiger partial charge in [-0.25, -0.2) is 0 Å². The fraction of sp³-hybridized carbons (Fsp3) is 0.625. The van der Waals surface area contributed by atoms with Crippen LogP contribution in [-0.4, -0.2) is 25.2 Å². The second kappa shape index (κ2) is 5.85. The third-order valence-corrected chi connectivity index (χ3v) is 4.18. The van der Waals surface area contributed by atoms with E-state index in [0.717, 1.165) is 12.5 Å². The molecule has 0 radical (unpaired) electrons. The molecule has 0 bridgehead atoms. The van der Waals surface area contributed by atoms with Gasteiger partial charge >= 0.3 is 0 Å². The first-order valence-corrected chi connectivity index (χ1v) is 7.12. The zero-order valence-corrected chi connectivity index (χ0v) is 11.9. The molecule has 1 aromatic rings. The van der Waals surface area contributed by atoms with Gasteiger partial charge in [-0.05, 0) is 37.8 Å². The van der Waals surface area contributed by atoms with Gasteiger partial charge in [0.25, 0.3) is 0 Å². The molecule has 0 spiro atoms. The van der Waals surface area contributed by atoms with Crippen LogP contribution in [0.5, 0.6) is 0 Å². The van der Waals surface area contributed by atoms with Gasteiger partial charge in [-0.2, -0.15) is 0 Å². The van der Waals surface area contributed by atoms with Crippen molar-refractivity contribution in [2.45, 2.75) is 44.7 Å². The SMILES string of the molecule is CN[C@]1(CNC(C)C)C[C@@H]1CCc1ccccc1. The van der Waals surface area contributed by atoms with Crippen molar-refractivity contribution in [3.8, 4) is 0 Å². The summed E-state index contributed by atoms with van der Waals surface area (Å²) in [6, 6.07) is 11.4. The number of aryl methyl sites for hydroxylation is 1. The van der Waals surface area contributed by atoms with Crippen LogP contribution in [0.1, 0.15) is 32.3 Å². The lowest BCUT2D eigenvalue weighted by molar-refractivity contribution is 0.426. The Morgan fingerprint density at radius 2 is 2.00 bits per heavy atom. The smallest absolute Gasteiger partial charge is 0.0336 e. The summed E-state index contributed by atoms with van der Waals surface area (Å²) in [4.78, 5) is 0. The molecule has 2 atom stereocenters. The summed E-state index contributed by atoms with van der Waals surface area (Å²) in [7, 11) is 2.10. The molecule has 1 saturated carbocycles. The monoisotopic (exact) mass is 246 g/mol. The molecular weight excluding hydrogens is 220 g/mol. The highest BCUT2D eigenvalue weighted by atomic mass is 15.1. The molecule has 0 aliphatic heterocycles. The van der Waals surface area contributed by atoms with E-state index < -0.39 is 0 Å². The van der Waals surface area contributed by atoms with Crippen LogP contribution in [0.4, 0.5) is 0 Å². The van der Waals surface area contributed by atoms with Crippen LogP contribution >= 0.6 is 0 Å². The fourth-order valence-electron chi connectivity index (χ4n) is 2.74. The van der Waals surface area contributed by atoms with E-state index in [0.29, 0.717) is 11.6 Å². The van der Waals surface area contributed by atoms with Gasteiger partial charge in [-0.1, -0.05) is 44.2 Å². The van der Waals surface area contributed by atoms with Gasteiger partial charge in [0.05, 0.1) is 0 Å². The van der Waals surface area contributed by atoms with E-state index in [1.165, 1.54) is 24.8 Å². The van der Waals surface area contributed by atoms with Crippen molar-refractivity contribution < 1.29 is 0 Å². The number of benzene rings is 1. The molecule has 2 N–H and O–H groups in total. The number of hydrogen-bond acceptors (Lipinski definition) is 2. The summed E-state index contributed by atoms with van der Waals surface area (Å²) in [6.45, 7) is 5.52. The van der Waals surface area contributed by atoms with Crippen molar-refractivity contribution in [2.24, 2.45) is 5.92 Å². The predicted octanol–water partition coefficient (Wildman–Crippen LogP) is 2.60. The van der Waals surface area contributed by atoms with Crippen LogP contribution in [0.3, 0.4) is 0 Å². The predicted molar refractivity (Wildman–Crippen MR) is 77.8 cm³/mol. The van der Waals surface area contributed by atoms with Crippen molar-refractivity contribution in [1.82, 2.24) is 10.6 Å². The van der Waals surface area contributed by atoms with Crippen molar-refractivity contribution in [3.05, 3.63) is 35.9 Å². The summed E-state index contributed by atoms with van der Waals surface area (Å²) in [5.74, 6) is 0.828. The van der Waals surface area contributed by atoms with E-state index in [-0.39, 0.29) is 0 Å². The molecule has 0 aromatic heterocycles. The Labute approximate surface area is 111 Å². The van der Waals surface area contributed by atoms with E-state index in [2.05, 4.69) is 61.9 Å². The first kappa shape index (κ1) is 13.6. The maximum absolute atomic E-state index is 3.56. The first-order chi connectivity index (χ1) is 8.66. The van der Waals surface area contributed by atoms with Crippen molar-refractivity contribution in [2.75, 3.05) is 13.6 Å². The van der Waals surface area contributed by atoms with E-state index in [1.807, 2.05) is 0 Å². The van der Waals surface area contributed by atoms with Crippen LogP contribution < -0.4 is 10.6 Å². The van der Waals surface area contributed by atoms with Gasteiger partial charge in [0.1, 0.15) is 0 Å². The summed E-state index contributed by atoms with van der Waals surface area (Å²) >= 11 is 0. The Morgan fingerprint density at radius 3 is 2.61 bits per heavy atom. The quantitative estimate of drug-likeness (QED) is 0.773. The number of likely N-dealkylation sites (N-methyl/N-ethyl adjacent to an activating group) is 1. The van der Waals surface area contributed by atoms with Gasteiger partial charge in [-0.3, -0.25) is 0 Å². The second-order valence-electron chi connectivity index (χ2n) is 5.87. The third kappa shape index (κ3) is 3.33. The molecule has 2 heteroatoms. The first-order valence-electron chi connectivity index (χ1n) is 7.12. The highest BCUT2D eigenvalue weighted by molar-refractivity contribution is 5.17. The Kier molecular flexibility index (Phi) is 4.41. The van der Waals surface area contributed by atoms with Crippen molar-refractivity contribution >= 4 is 0 Å². The number of nitrogens with one attached hydrogen (secondary N) is 2.